The molecule has 1 aliphatic heterocycles. The molecule has 0 amide bonds. The highest BCUT2D eigenvalue weighted by Gasteiger charge is 2.30. The van der Waals surface area contributed by atoms with Gasteiger partial charge in [0.05, 0.1) is 11.3 Å². The Morgan fingerprint density at radius 1 is 1.24 bits per heavy atom. The third kappa shape index (κ3) is 2.55. The van der Waals surface area contributed by atoms with Gasteiger partial charge in [-0.1, -0.05) is 30.7 Å². The zero-order valence-electron chi connectivity index (χ0n) is 11.4. The van der Waals surface area contributed by atoms with E-state index in [4.69, 9.17) is 11.6 Å². The number of benzene rings is 1. The minimum atomic E-state index is -4.32. The van der Waals surface area contributed by atoms with Gasteiger partial charge in [-0.25, -0.2) is 4.98 Å². The third-order valence-electron chi connectivity index (χ3n) is 3.92. The third-order valence-corrected chi connectivity index (χ3v) is 4.20. The number of halogens is 4. The van der Waals surface area contributed by atoms with E-state index in [1.807, 2.05) is 4.57 Å². The van der Waals surface area contributed by atoms with Crippen LogP contribution in [0.25, 0.3) is 11.4 Å². The van der Waals surface area contributed by atoms with Crippen LogP contribution in [-0.4, -0.2) is 9.55 Å². The molecule has 1 atom stereocenters. The van der Waals surface area contributed by atoms with Gasteiger partial charge in [0.2, 0.25) is 0 Å². The van der Waals surface area contributed by atoms with E-state index in [1.165, 1.54) is 12.1 Å². The van der Waals surface area contributed by atoms with Gasteiger partial charge in [-0.3, -0.25) is 0 Å². The summed E-state index contributed by atoms with van der Waals surface area (Å²) >= 11 is 6.20. The Labute approximate surface area is 125 Å². The van der Waals surface area contributed by atoms with Crippen molar-refractivity contribution in [3.8, 4) is 11.4 Å². The van der Waals surface area contributed by atoms with Crippen molar-refractivity contribution in [2.45, 2.75) is 38.4 Å². The quantitative estimate of drug-likeness (QED) is 0.714. The van der Waals surface area contributed by atoms with Gasteiger partial charge in [-0.15, -0.1) is 0 Å². The van der Waals surface area contributed by atoms with Crippen LogP contribution >= 0.6 is 11.6 Å². The van der Waals surface area contributed by atoms with Gasteiger partial charge in [0, 0.05) is 12.1 Å². The van der Waals surface area contributed by atoms with Gasteiger partial charge in [0.25, 0.3) is 0 Å². The minimum absolute atomic E-state index is 0.321. The normalized spacial score (nSPS) is 18.6. The maximum Gasteiger partial charge on any atom is 0.416 e. The molecule has 2 aromatic rings. The highest BCUT2D eigenvalue weighted by Crippen LogP contribution is 2.37. The first-order chi connectivity index (χ1) is 9.88. The molecule has 1 aromatic heterocycles. The minimum Gasteiger partial charge on any atom is -0.326 e. The number of hydrogen-bond donors (Lipinski definition) is 0. The molecule has 3 rings (SSSR count). The van der Waals surface area contributed by atoms with Gasteiger partial charge in [0.15, 0.2) is 5.15 Å². The van der Waals surface area contributed by atoms with Crippen LogP contribution in [0.4, 0.5) is 13.2 Å². The van der Waals surface area contributed by atoms with E-state index >= 15 is 0 Å². The number of rotatable bonds is 1. The maximum atomic E-state index is 12.6. The highest BCUT2D eigenvalue weighted by atomic mass is 35.5. The zero-order chi connectivity index (χ0) is 15.2. The first-order valence-corrected chi connectivity index (χ1v) is 7.19. The summed E-state index contributed by atoms with van der Waals surface area (Å²) in [6.07, 6.45) is -2.25. The average Bonchev–Trinajstić information content (AvgIpc) is 2.77. The summed E-state index contributed by atoms with van der Waals surface area (Å²) in [4.78, 5) is 4.35. The smallest absolute Gasteiger partial charge is 0.326 e. The topological polar surface area (TPSA) is 17.8 Å². The number of alkyl halides is 3. The fraction of sp³-hybridized carbons (Fsp3) is 0.400. The summed E-state index contributed by atoms with van der Waals surface area (Å²) in [5.41, 5.74) is 0.985. The summed E-state index contributed by atoms with van der Waals surface area (Å²) in [6, 6.07) is 5.07. The van der Waals surface area contributed by atoms with Crippen molar-refractivity contribution in [2.75, 3.05) is 0 Å². The molecule has 0 aliphatic carbocycles. The highest BCUT2D eigenvalue weighted by molar-refractivity contribution is 6.30. The molecule has 0 radical (unpaired) electrons. The molecule has 0 saturated carbocycles. The van der Waals surface area contributed by atoms with Gasteiger partial charge < -0.3 is 4.57 Å². The van der Waals surface area contributed by atoms with E-state index in [1.54, 1.807) is 0 Å². The first kappa shape index (κ1) is 14.4. The molecular formula is C15H14ClF3N2. The van der Waals surface area contributed by atoms with Crippen LogP contribution in [0.3, 0.4) is 0 Å². The summed E-state index contributed by atoms with van der Waals surface area (Å²) < 4.78 is 39.9. The van der Waals surface area contributed by atoms with E-state index in [0.717, 1.165) is 37.2 Å². The molecule has 112 valence electrons. The molecule has 21 heavy (non-hydrogen) atoms. The van der Waals surface area contributed by atoms with Crippen molar-refractivity contribution >= 4 is 11.6 Å². The molecule has 0 bridgehead atoms. The lowest BCUT2D eigenvalue weighted by atomic mass is 9.98. The second kappa shape index (κ2) is 5.05. The molecule has 0 N–H and O–H groups in total. The van der Waals surface area contributed by atoms with Gasteiger partial charge in [-0.2, -0.15) is 13.2 Å². The Morgan fingerprint density at radius 3 is 2.52 bits per heavy atom. The van der Waals surface area contributed by atoms with Gasteiger partial charge in [-0.05, 0) is 30.9 Å². The lowest BCUT2D eigenvalue weighted by molar-refractivity contribution is -0.137. The molecule has 1 unspecified atom stereocenters. The fourth-order valence-electron chi connectivity index (χ4n) is 2.85. The van der Waals surface area contributed by atoms with Crippen molar-refractivity contribution < 1.29 is 13.2 Å². The Bertz CT molecular complexity index is 659. The largest absolute Gasteiger partial charge is 0.416 e. The molecule has 1 aliphatic rings. The van der Waals surface area contributed by atoms with Gasteiger partial charge in [0.1, 0.15) is 5.82 Å². The molecule has 6 heteroatoms. The van der Waals surface area contributed by atoms with Crippen LogP contribution in [0.1, 0.15) is 36.9 Å². The summed E-state index contributed by atoms with van der Waals surface area (Å²) in [7, 11) is 0. The van der Waals surface area contributed by atoms with E-state index in [-0.39, 0.29) is 0 Å². The van der Waals surface area contributed by atoms with Crippen molar-refractivity contribution in [2.24, 2.45) is 0 Å². The van der Waals surface area contributed by atoms with E-state index in [0.29, 0.717) is 22.5 Å². The van der Waals surface area contributed by atoms with Crippen molar-refractivity contribution in [3.63, 3.8) is 0 Å². The van der Waals surface area contributed by atoms with Crippen LogP contribution in [0.2, 0.25) is 5.15 Å². The van der Waals surface area contributed by atoms with Crippen LogP contribution < -0.4 is 0 Å². The predicted molar refractivity (Wildman–Crippen MR) is 75.3 cm³/mol. The molecule has 0 saturated heterocycles. The Kier molecular flexibility index (Phi) is 3.48. The Morgan fingerprint density at radius 2 is 1.90 bits per heavy atom. The van der Waals surface area contributed by atoms with E-state index < -0.39 is 11.7 Å². The van der Waals surface area contributed by atoms with Crippen LogP contribution in [0.15, 0.2) is 24.3 Å². The zero-order valence-corrected chi connectivity index (χ0v) is 12.2. The molecule has 0 spiro atoms. The van der Waals surface area contributed by atoms with Crippen LogP contribution in [0, 0.1) is 0 Å². The molecule has 1 aromatic carbocycles. The summed E-state index contributed by atoms with van der Waals surface area (Å²) in [5, 5.41) is 0.456. The second-order valence-corrected chi connectivity index (χ2v) is 5.74. The lowest BCUT2D eigenvalue weighted by Gasteiger charge is -2.22. The van der Waals surface area contributed by atoms with Crippen LogP contribution in [0.5, 0.6) is 0 Å². The monoisotopic (exact) mass is 314 g/mol. The Hall–Kier alpha value is -1.49. The van der Waals surface area contributed by atoms with E-state index in [9.17, 15) is 13.2 Å². The number of fused-ring (bicyclic) bond motifs is 1. The number of imidazole rings is 1. The van der Waals surface area contributed by atoms with Crippen molar-refractivity contribution in [3.05, 3.63) is 40.7 Å². The average molecular weight is 315 g/mol. The number of hydrogen-bond acceptors (Lipinski definition) is 1. The summed E-state index contributed by atoms with van der Waals surface area (Å²) in [5.74, 6) is 0.970. The second-order valence-electron chi connectivity index (χ2n) is 5.38. The standard InChI is InChI=1S/C15H14ClF3N2/c1-9-3-2-8-21-12(9)13(16)20-14(21)10-4-6-11(7-5-10)15(17,18)19/h4-7,9H,2-3,8H2,1H3. The molecular weight excluding hydrogens is 301 g/mol. The molecule has 2 heterocycles. The van der Waals surface area contributed by atoms with Crippen molar-refractivity contribution in [1.82, 2.24) is 9.55 Å². The van der Waals surface area contributed by atoms with Crippen molar-refractivity contribution in [1.29, 1.82) is 0 Å². The molecule has 0 fully saturated rings. The molecule has 2 nitrogen and oxygen atoms in total. The van der Waals surface area contributed by atoms with Gasteiger partial charge >= 0.3 is 6.18 Å². The number of nitrogens with zero attached hydrogens (tertiary/aromatic N) is 2. The fourth-order valence-corrected chi connectivity index (χ4v) is 3.22. The Balaban J connectivity index is 2.04. The summed E-state index contributed by atoms with van der Waals surface area (Å²) in [6.45, 7) is 2.89. The number of aromatic nitrogens is 2. The van der Waals surface area contributed by atoms with E-state index in [2.05, 4.69) is 11.9 Å². The lowest BCUT2D eigenvalue weighted by Crippen LogP contribution is -2.14. The maximum absolute atomic E-state index is 12.6. The SMILES string of the molecule is CC1CCCn2c(-c3ccc(C(F)(F)F)cc3)nc(Cl)c21. The first-order valence-electron chi connectivity index (χ1n) is 6.81. The van der Waals surface area contributed by atoms with Crippen LogP contribution in [-0.2, 0) is 12.7 Å². The predicted octanol–water partition coefficient (Wildman–Crippen LogP) is 5.12.